The van der Waals surface area contributed by atoms with Crippen LogP contribution in [0, 0.1) is 6.92 Å². The maximum atomic E-state index is 11.3. The Bertz CT molecular complexity index is 697. The Balaban J connectivity index is 2.11. The van der Waals surface area contributed by atoms with E-state index in [0.717, 1.165) is 18.2 Å². The molecule has 21 heavy (non-hydrogen) atoms. The minimum atomic E-state index is -0.927. The van der Waals surface area contributed by atoms with Crippen LogP contribution in [0.5, 0.6) is 0 Å². The Kier molecular flexibility index (Phi) is 5.16. The van der Waals surface area contributed by atoms with Crippen LogP contribution in [-0.4, -0.2) is 26.4 Å². The van der Waals surface area contributed by atoms with Gasteiger partial charge >= 0.3 is 5.97 Å². The highest BCUT2D eigenvalue weighted by molar-refractivity contribution is 7.99. The SMILES string of the molecule is Cc1cccc(CCn2ccc(=O)nc2SCC(=O)O)c1. The van der Waals surface area contributed by atoms with Gasteiger partial charge in [0.25, 0.3) is 5.56 Å². The second-order valence-corrected chi connectivity index (χ2v) is 5.61. The lowest BCUT2D eigenvalue weighted by Crippen LogP contribution is -2.15. The van der Waals surface area contributed by atoms with Gasteiger partial charge in [-0.05, 0) is 18.9 Å². The smallest absolute Gasteiger partial charge is 0.313 e. The summed E-state index contributed by atoms with van der Waals surface area (Å²) in [5, 5.41) is 9.18. The van der Waals surface area contributed by atoms with Gasteiger partial charge in [0.05, 0.1) is 5.75 Å². The van der Waals surface area contributed by atoms with Gasteiger partial charge in [0, 0.05) is 18.8 Å². The largest absolute Gasteiger partial charge is 0.481 e. The van der Waals surface area contributed by atoms with Gasteiger partial charge in [0.15, 0.2) is 5.16 Å². The van der Waals surface area contributed by atoms with E-state index in [0.29, 0.717) is 11.7 Å². The summed E-state index contributed by atoms with van der Waals surface area (Å²) >= 11 is 1.06. The van der Waals surface area contributed by atoms with Crippen molar-refractivity contribution >= 4 is 17.7 Å². The van der Waals surface area contributed by atoms with Crippen LogP contribution in [0.4, 0.5) is 0 Å². The highest BCUT2D eigenvalue weighted by Crippen LogP contribution is 2.14. The van der Waals surface area contributed by atoms with Crippen LogP contribution < -0.4 is 5.56 Å². The summed E-state index contributed by atoms with van der Waals surface area (Å²) in [7, 11) is 0. The molecule has 5 nitrogen and oxygen atoms in total. The number of aliphatic carboxylic acids is 1. The lowest BCUT2D eigenvalue weighted by molar-refractivity contribution is -0.133. The molecule has 0 fully saturated rings. The predicted octanol–water partition coefficient (Wildman–Crippen LogP) is 1.97. The van der Waals surface area contributed by atoms with Crippen LogP contribution >= 0.6 is 11.8 Å². The van der Waals surface area contributed by atoms with Crippen LogP contribution in [0.3, 0.4) is 0 Å². The van der Waals surface area contributed by atoms with Crippen molar-refractivity contribution in [2.75, 3.05) is 5.75 Å². The van der Waals surface area contributed by atoms with Gasteiger partial charge in [-0.1, -0.05) is 41.6 Å². The normalized spacial score (nSPS) is 10.5. The molecule has 0 saturated heterocycles. The fourth-order valence-electron chi connectivity index (χ4n) is 1.94. The molecule has 1 aromatic carbocycles. The van der Waals surface area contributed by atoms with Crippen molar-refractivity contribution < 1.29 is 9.90 Å². The van der Waals surface area contributed by atoms with Gasteiger partial charge in [-0.15, -0.1) is 0 Å². The number of nitrogens with zero attached hydrogens (tertiary/aromatic N) is 2. The number of carboxylic acid groups (broad SMARTS) is 1. The first-order valence-electron chi connectivity index (χ1n) is 6.52. The van der Waals surface area contributed by atoms with Crippen molar-refractivity contribution in [3.8, 4) is 0 Å². The number of carboxylic acids is 1. The highest BCUT2D eigenvalue weighted by atomic mass is 32.2. The molecule has 0 aliphatic heterocycles. The summed E-state index contributed by atoms with van der Waals surface area (Å²) in [5.74, 6) is -1.04. The number of hydrogen-bond donors (Lipinski definition) is 1. The minimum absolute atomic E-state index is 0.110. The van der Waals surface area contributed by atoms with Gasteiger partial charge in [0.2, 0.25) is 0 Å². The molecule has 0 aliphatic carbocycles. The van der Waals surface area contributed by atoms with Gasteiger partial charge in [-0.2, -0.15) is 4.98 Å². The van der Waals surface area contributed by atoms with Gasteiger partial charge in [-0.3, -0.25) is 9.59 Å². The fourth-order valence-corrected chi connectivity index (χ4v) is 2.67. The molecule has 110 valence electrons. The lowest BCUT2D eigenvalue weighted by Gasteiger charge is -2.11. The molecule has 0 unspecified atom stereocenters. The third kappa shape index (κ3) is 4.75. The third-order valence-electron chi connectivity index (χ3n) is 2.90. The van der Waals surface area contributed by atoms with Crippen LogP contribution in [0.1, 0.15) is 11.1 Å². The van der Waals surface area contributed by atoms with Crippen LogP contribution in [0.15, 0.2) is 46.5 Å². The van der Waals surface area contributed by atoms with E-state index in [-0.39, 0.29) is 11.3 Å². The quantitative estimate of drug-likeness (QED) is 0.652. The zero-order chi connectivity index (χ0) is 15.2. The van der Waals surface area contributed by atoms with E-state index in [1.54, 1.807) is 6.20 Å². The molecule has 6 heteroatoms. The van der Waals surface area contributed by atoms with Crippen molar-refractivity contribution in [2.24, 2.45) is 0 Å². The van der Waals surface area contributed by atoms with Gasteiger partial charge in [0.1, 0.15) is 0 Å². The molecule has 0 aliphatic rings. The minimum Gasteiger partial charge on any atom is -0.481 e. The lowest BCUT2D eigenvalue weighted by atomic mass is 10.1. The van der Waals surface area contributed by atoms with Gasteiger partial charge in [-0.25, -0.2) is 0 Å². The molecule has 1 heterocycles. The summed E-state index contributed by atoms with van der Waals surface area (Å²) < 4.78 is 1.82. The first-order valence-corrected chi connectivity index (χ1v) is 7.51. The first-order chi connectivity index (χ1) is 10.0. The Morgan fingerprint density at radius 2 is 2.19 bits per heavy atom. The number of hydrogen-bond acceptors (Lipinski definition) is 4. The Hall–Kier alpha value is -2.08. The maximum Gasteiger partial charge on any atom is 0.313 e. The van der Waals surface area contributed by atoms with Crippen molar-refractivity contribution in [2.45, 2.75) is 25.0 Å². The van der Waals surface area contributed by atoms with Crippen molar-refractivity contribution in [1.82, 2.24) is 9.55 Å². The maximum absolute atomic E-state index is 11.3. The second kappa shape index (κ2) is 7.08. The van der Waals surface area contributed by atoms with Crippen LogP contribution in [0.25, 0.3) is 0 Å². The summed E-state index contributed by atoms with van der Waals surface area (Å²) in [5.41, 5.74) is 2.04. The monoisotopic (exact) mass is 304 g/mol. The average molecular weight is 304 g/mol. The molecular formula is C15H16N2O3S. The molecule has 1 N–H and O–H groups in total. The molecular weight excluding hydrogens is 288 g/mol. The number of rotatable bonds is 6. The van der Waals surface area contributed by atoms with E-state index in [2.05, 4.69) is 11.1 Å². The summed E-state index contributed by atoms with van der Waals surface area (Å²) in [4.78, 5) is 25.9. The molecule has 0 radical (unpaired) electrons. The number of carbonyl (C=O) groups is 1. The molecule has 1 aromatic heterocycles. The number of aryl methyl sites for hydroxylation is 3. The van der Waals surface area contributed by atoms with E-state index in [9.17, 15) is 9.59 Å². The fraction of sp³-hybridized carbons (Fsp3) is 0.267. The molecule has 0 bridgehead atoms. The van der Waals surface area contributed by atoms with Crippen molar-refractivity contribution in [3.63, 3.8) is 0 Å². The van der Waals surface area contributed by atoms with Crippen LogP contribution in [0.2, 0.25) is 0 Å². The van der Waals surface area contributed by atoms with E-state index in [1.165, 1.54) is 17.2 Å². The predicted molar refractivity (Wildman–Crippen MR) is 81.7 cm³/mol. The summed E-state index contributed by atoms with van der Waals surface area (Å²) in [6, 6.07) is 9.60. The zero-order valence-corrected chi connectivity index (χ0v) is 12.5. The number of benzene rings is 1. The van der Waals surface area contributed by atoms with E-state index < -0.39 is 5.97 Å². The van der Waals surface area contributed by atoms with Crippen LogP contribution in [-0.2, 0) is 17.8 Å². The van der Waals surface area contributed by atoms with E-state index in [1.807, 2.05) is 29.7 Å². The number of aromatic nitrogens is 2. The van der Waals surface area contributed by atoms with E-state index >= 15 is 0 Å². The molecule has 0 amide bonds. The topological polar surface area (TPSA) is 72.2 Å². The van der Waals surface area contributed by atoms with Crippen molar-refractivity contribution in [1.29, 1.82) is 0 Å². The zero-order valence-electron chi connectivity index (χ0n) is 11.7. The Labute approximate surface area is 126 Å². The highest BCUT2D eigenvalue weighted by Gasteiger charge is 2.07. The molecule has 0 spiro atoms. The Morgan fingerprint density at radius 1 is 1.38 bits per heavy atom. The molecule has 0 atom stereocenters. The molecule has 2 rings (SSSR count). The third-order valence-corrected chi connectivity index (χ3v) is 3.87. The first kappa shape index (κ1) is 15.3. The summed E-state index contributed by atoms with van der Waals surface area (Å²) in [6.07, 6.45) is 2.46. The summed E-state index contributed by atoms with van der Waals surface area (Å²) in [6.45, 7) is 2.69. The Morgan fingerprint density at radius 3 is 2.90 bits per heavy atom. The molecule has 2 aromatic rings. The molecule has 0 saturated carbocycles. The number of thioether (sulfide) groups is 1. The van der Waals surface area contributed by atoms with E-state index in [4.69, 9.17) is 5.11 Å². The van der Waals surface area contributed by atoms with Gasteiger partial charge < -0.3 is 9.67 Å². The standard InChI is InChI=1S/C15H16N2O3S/c1-11-3-2-4-12(9-11)5-7-17-8-6-13(18)16-15(17)21-10-14(19)20/h2-4,6,8-9H,5,7,10H2,1H3,(H,19,20). The second-order valence-electron chi connectivity index (χ2n) is 4.66. The van der Waals surface area contributed by atoms with Crippen molar-refractivity contribution in [3.05, 3.63) is 58.0 Å². The average Bonchev–Trinajstić information content (AvgIpc) is 2.44.